The smallest absolute Gasteiger partial charge is 0.341 e. The molecule has 5 nitrogen and oxygen atoms in total. The molecule has 1 saturated heterocycles. The molecule has 0 unspecified atom stereocenters. The van der Waals surface area contributed by atoms with Crippen molar-refractivity contribution in [3.05, 3.63) is 30.3 Å². The van der Waals surface area contributed by atoms with Crippen LogP contribution in [0.4, 0.5) is 18.9 Å². The fraction of sp³-hybridized carbons (Fsp3) is 0.500. The van der Waals surface area contributed by atoms with Crippen LogP contribution < -0.4 is 4.72 Å². The van der Waals surface area contributed by atoms with Crippen molar-refractivity contribution in [1.82, 2.24) is 4.90 Å². The lowest BCUT2D eigenvalue weighted by Crippen LogP contribution is -2.47. The molecule has 1 atom stereocenters. The molecule has 1 N–H and O–H groups in total. The highest BCUT2D eigenvalue weighted by molar-refractivity contribution is 7.93. The predicted octanol–water partition coefficient (Wildman–Crippen LogP) is 2.37. The molecule has 1 aromatic rings. The average Bonchev–Trinajstić information content (AvgIpc) is 2.46. The van der Waals surface area contributed by atoms with E-state index in [4.69, 9.17) is 0 Å². The third-order valence-electron chi connectivity index (χ3n) is 3.56. The number of alkyl halides is 3. The molecule has 1 aliphatic rings. The van der Waals surface area contributed by atoms with Gasteiger partial charge in [-0.3, -0.25) is 9.52 Å². The standard InChI is InChI=1S/C14H17F3N2O3S/c15-14(16,17)9-13(20)19-8-4-7-12(10-19)23(21,22)18-11-5-2-1-3-6-11/h1-3,5-6,12,18H,4,7-10H2/t12-/m0/s1. The van der Waals surface area contributed by atoms with Crippen LogP contribution in [0.5, 0.6) is 0 Å². The van der Waals surface area contributed by atoms with Crippen LogP contribution in [0.15, 0.2) is 30.3 Å². The summed E-state index contributed by atoms with van der Waals surface area (Å²) in [5.41, 5.74) is 0.381. The van der Waals surface area contributed by atoms with E-state index in [0.29, 0.717) is 18.5 Å². The number of halogens is 3. The maximum atomic E-state index is 12.3. The van der Waals surface area contributed by atoms with E-state index in [1.54, 1.807) is 30.3 Å². The highest BCUT2D eigenvalue weighted by atomic mass is 32.2. The second kappa shape index (κ2) is 6.77. The molecule has 0 aliphatic carbocycles. The van der Waals surface area contributed by atoms with Crippen LogP contribution in [-0.2, 0) is 14.8 Å². The number of carbonyl (C=O) groups excluding carboxylic acids is 1. The van der Waals surface area contributed by atoms with E-state index in [9.17, 15) is 26.4 Å². The lowest BCUT2D eigenvalue weighted by molar-refractivity contribution is -0.161. The normalized spacial score (nSPS) is 19.4. The second-order valence-electron chi connectivity index (χ2n) is 5.41. The first-order chi connectivity index (χ1) is 10.7. The largest absolute Gasteiger partial charge is 0.397 e. The number of likely N-dealkylation sites (tertiary alicyclic amines) is 1. The third kappa shape index (κ3) is 5.12. The van der Waals surface area contributed by atoms with Crippen molar-refractivity contribution in [2.24, 2.45) is 0 Å². The molecule has 1 aromatic carbocycles. The van der Waals surface area contributed by atoms with Crippen LogP contribution in [0, 0.1) is 0 Å². The Labute approximate surface area is 132 Å². The van der Waals surface area contributed by atoms with Crippen LogP contribution in [0.2, 0.25) is 0 Å². The van der Waals surface area contributed by atoms with Crippen molar-refractivity contribution in [1.29, 1.82) is 0 Å². The molecule has 0 aromatic heterocycles. The van der Waals surface area contributed by atoms with E-state index in [2.05, 4.69) is 4.72 Å². The zero-order valence-electron chi connectivity index (χ0n) is 12.2. The molecular weight excluding hydrogens is 333 g/mol. The Bertz CT molecular complexity index is 647. The molecule has 23 heavy (non-hydrogen) atoms. The summed E-state index contributed by atoms with van der Waals surface area (Å²) < 4.78 is 64.0. The van der Waals surface area contributed by atoms with Gasteiger partial charge in [0.2, 0.25) is 15.9 Å². The van der Waals surface area contributed by atoms with Crippen molar-refractivity contribution in [2.45, 2.75) is 30.7 Å². The molecule has 1 fully saturated rings. The summed E-state index contributed by atoms with van der Waals surface area (Å²) in [4.78, 5) is 12.6. The van der Waals surface area contributed by atoms with Crippen molar-refractivity contribution >= 4 is 21.6 Å². The number of sulfonamides is 1. The van der Waals surface area contributed by atoms with Crippen LogP contribution in [0.3, 0.4) is 0 Å². The number of nitrogens with zero attached hydrogens (tertiary/aromatic N) is 1. The van der Waals surface area contributed by atoms with Crippen molar-refractivity contribution in [3.63, 3.8) is 0 Å². The molecule has 1 amide bonds. The Balaban J connectivity index is 2.04. The molecule has 1 heterocycles. The molecule has 0 saturated carbocycles. The fourth-order valence-corrected chi connectivity index (χ4v) is 3.94. The fourth-order valence-electron chi connectivity index (χ4n) is 2.46. The maximum absolute atomic E-state index is 12.3. The Kier molecular flexibility index (Phi) is 5.18. The molecule has 128 valence electrons. The summed E-state index contributed by atoms with van der Waals surface area (Å²) in [5.74, 6) is -1.09. The first-order valence-electron chi connectivity index (χ1n) is 7.08. The van der Waals surface area contributed by atoms with E-state index < -0.39 is 33.8 Å². The van der Waals surface area contributed by atoms with Crippen molar-refractivity contribution in [3.8, 4) is 0 Å². The number of nitrogens with one attached hydrogen (secondary N) is 1. The van der Waals surface area contributed by atoms with Crippen molar-refractivity contribution < 1.29 is 26.4 Å². The molecule has 2 rings (SSSR count). The summed E-state index contributed by atoms with van der Waals surface area (Å²) >= 11 is 0. The highest BCUT2D eigenvalue weighted by Gasteiger charge is 2.37. The Morgan fingerprint density at radius 3 is 2.52 bits per heavy atom. The minimum atomic E-state index is -4.59. The van der Waals surface area contributed by atoms with Crippen LogP contribution in [0.25, 0.3) is 0 Å². The lowest BCUT2D eigenvalue weighted by atomic mass is 10.1. The van der Waals surface area contributed by atoms with E-state index in [-0.39, 0.29) is 13.1 Å². The maximum Gasteiger partial charge on any atom is 0.397 e. The number of carbonyl (C=O) groups is 1. The van der Waals surface area contributed by atoms with Gasteiger partial charge in [0.05, 0.1) is 5.25 Å². The zero-order valence-corrected chi connectivity index (χ0v) is 13.0. The van der Waals surface area contributed by atoms with Gasteiger partial charge in [0.15, 0.2) is 0 Å². The molecule has 0 radical (unpaired) electrons. The van der Waals surface area contributed by atoms with Crippen LogP contribution >= 0.6 is 0 Å². The first-order valence-corrected chi connectivity index (χ1v) is 8.63. The lowest BCUT2D eigenvalue weighted by Gasteiger charge is -2.32. The summed E-state index contributed by atoms with van der Waals surface area (Å²) in [6.07, 6.45) is -5.50. The van der Waals surface area contributed by atoms with Crippen molar-refractivity contribution in [2.75, 3.05) is 17.8 Å². The second-order valence-corrected chi connectivity index (χ2v) is 7.37. The number of anilines is 1. The number of benzene rings is 1. The number of hydrogen-bond donors (Lipinski definition) is 1. The number of hydrogen-bond acceptors (Lipinski definition) is 3. The number of piperidine rings is 1. The van der Waals surface area contributed by atoms with E-state index in [0.717, 1.165) is 4.90 Å². The van der Waals surface area contributed by atoms with Crippen LogP contribution in [-0.4, -0.2) is 43.7 Å². The summed E-state index contributed by atoms with van der Waals surface area (Å²) in [6.45, 7) is -0.0800. The molecule has 0 spiro atoms. The summed E-state index contributed by atoms with van der Waals surface area (Å²) in [7, 11) is -3.77. The van der Waals surface area contributed by atoms with Crippen LogP contribution in [0.1, 0.15) is 19.3 Å². The van der Waals surface area contributed by atoms with Gasteiger partial charge >= 0.3 is 6.18 Å². The van der Waals surface area contributed by atoms with Gasteiger partial charge in [0.25, 0.3) is 0 Å². The average molecular weight is 350 g/mol. The van der Waals surface area contributed by atoms with Gasteiger partial charge in [0, 0.05) is 18.8 Å². The Morgan fingerprint density at radius 2 is 1.91 bits per heavy atom. The highest BCUT2D eigenvalue weighted by Crippen LogP contribution is 2.24. The minimum absolute atomic E-state index is 0.145. The van der Waals surface area contributed by atoms with Gasteiger partial charge in [-0.05, 0) is 25.0 Å². The number of rotatable bonds is 4. The van der Waals surface area contributed by atoms with Gasteiger partial charge in [-0.1, -0.05) is 18.2 Å². The first kappa shape index (κ1) is 17.6. The van der Waals surface area contributed by atoms with Gasteiger partial charge in [-0.15, -0.1) is 0 Å². The molecule has 1 aliphatic heterocycles. The third-order valence-corrected chi connectivity index (χ3v) is 5.34. The van der Waals surface area contributed by atoms with Gasteiger partial charge in [-0.25, -0.2) is 8.42 Å². The minimum Gasteiger partial charge on any atom is -0.341 e. The Hall–Kier alpha value is -1.77. The predicted molar refractivity (Wildman–Crippen MR) is 79.3 cm³/mol. The van der Waals surface area contributed by atoms with E-state index >= 15 is 0 Å². The summed E-state index contributed by atoms with van der Waals surface area (Å²) in [6, 6.07) is 8.21. The SMILES string of the molecule is O=C(CC(F)(F)F)N1CCC[C@H](S(=O)(=O)Nc2ccccc2)C1. The quantitative estimate of drug-likeness (QED) is 0.907. The van der Waals surface area contributed by atoms with Gasteiger partial charge in [-0.2, -0.15) is 13.2 Å². The van der Waals surface area contributed by atoms with Gasteiger partial charge in [0.1, 0.15) is 6.42 Å². The topological polar surface area (TPSA) is 66.5 Å². The molecular formula is C14H17F3N2O3S. The van der Waals surface area contributed by atoms with Gasteiger partial charge < -0.3 is 4.90 Å². The molecule has 9 heteroatoms. The Morgan fingerprint density at radius 1 is 1.26 bits per heavy atom. The number of para-hydroxylation sites is 1. The number of amides is 1. The van der Waals surface area contributed by atoms with E-state index in [1.165, 1.54) is 0 Å². The summed E-state index contributed by atoms with van der Waals surface area (Å²) in [5, 5.41) is -0.923. The zero-order chi connectivity index (χ0) is 17.1. The van der Waals surface area contributed by atoms with E-state index in [1.807, 2.05) is 0 Å². The molecule has 0 bridgehead atoms. The monoisotopic (exact) mass is 350 g/mol.